The van der Waals surface area contributed by atoms with Gasteiger partial charge >= 0.3 is 0 Å². The molecule has 96 valence electrons. The normalized spacial score (nSPS) is 12.5. The molecule has 0 N–H and O–H groups in total. The highest BCUT2D eigenvalue weighted by Crippen LogP contribution is 2.09. The van der Waals surface area contributed by atoms with Crippen molar-refractivity contribution in [3.63, 3.8) is 0 Å². The Morgan fingerprint density at radius 3 is 3.00 bits per heavy atom. The second-order valence-electron chi connectivity index (χ2n) is 3.91. The number of hydrogen-bond acceptors (Lipinski definition) is 4. The lowest BCUT2D eigenvalue weighted by Gasteiger charge is -2.16. The Balaban J connectivity index is 2.55. The summed E-state index contributed by atoms with van der Waals surface area (Å²) >= 11 is 3.44. The summed E-state index contributed by atoms with van der Waals surface area (Å²) < 4.78 is 9.87. The van der Waals surface area contributed by atoms with Crippen molar-refractivity contribution < 1.29 is 14.1 Å². The number of carbonyl (C=O) groups is 1. The number of methoxy groups -OCH3 is 1. The molecule has 0 spiro atoms. The van der Waals surface area contributed by atoms with E-state index < -0.39 is 0 Å². The molecule has 1 rings (SSSR count). The van der Waals surface area contributed by atoms with Crippen LogP contribution in [0.1, 0.15) is 29.6 Å². The maximum Gasteiger partial charge on any atom is 0.275 e. The van der Waals surface area contributed by atoms with Gasteiger partial charge in [-0.3, -0.25) is 4.79 Å². The Bertz CT molecular complexity index is 365. The predicted octanol–water partition coefficient (Wildman–Crippen LogP) is 2.07. The number of aromatic nitrogens is 1. The monoisotopic (exact) mass is 304 g/mol. The van der Waals surface area contributed by atoms with Crippen LogP contribution in [0.25, 0.3) is 0 Å². The lowest BCUT2D eigenvalue weighted by atomic mass is 10.3. The summed E-state index contributed by atoms with van der Waals surface area (Å²) in [6, 6.07) is 1.61. The van der Waals surface area contributed by atoms with Gasteiger partial charge in [0.2, 0.25) is 0 Å². The van der Waals surface area contributed by atoms with Crippen molar-refractivity contribution in [1.82, 2.24) is 10.1 Å². The van der Waals surface area contributed by atoms with Crippen LogP contribution in [0, 0.1) is 0 Å². The molecule has 5 nitrogen and oxygen atoms in total. The first-order valence-electron chi connectivity index (χ1n) is 5.38. The zero-order valence-electron chi connectivity index (χ0n) is 10.3. The topological polar surface area (TPSA) is 55.6 Å². The van der Waals surface area contributed by atoms with Crippen molar-refractivity contribution >= 4 is 21.8 Å². The van der Waals surface area contributed by atoms with Crippen LogP contribution in [-0.2, 0) is 11.3 Å². The molecule has 0 aliphatic carbocycles. The van der Waals surface area contributed by atoms with E-state index in [0.29, 0.717) is 29.4 Å². The molecular weight excluding hydrogens is 288 g/mol. The summed E-state index contributed by atoms with van der Waals surface area (Å²) in [6.45, 7) is 3.05. The van der Waals surface area contributed by atoms with Crippen molar-refractivity contribution in [2.45, 2.75) is 24.8 Å². The van der Waals surface area contributed by atoms with Crippen LogP contribution in [0.15, 0.2) is 10.6 Å². The van der Waals surface area contributed by atoms with Gasteiger partial charge in [0.25, 0.3) is 5.91 Å². The lowest BCUT2D eigenvalue weighted by Crippen LogP contribution is -2.29. The molecule has 1 unspecified atom stereocenters. The third-order valence-electron chi connectivity index (χ3n) is 2.27. The van der Waals surface area contributed by atoms with Gasteiger partial charge in [-0.1, -0.05) is 28.0 Å². The van der Waals surface area contributed by atoms with Crippen LogP contribution >= 0.6 is 15.9 Å². The van der Waals surface area contributed by atoms with E-state index in [-0.39, 0.29) is 5.91 Å². The molecule has 17 heavy (non-hydrogen) atoms. The van der Waals surface area contributed by atoms with E-state index in [1.54, 1.807) is 25.1 Å². The van der Waals surface area contributed by atoms with Crippen LogP contribution < -0.4 is 0 Å². The van der Waals surface area contributed by atoms with Crippen LogP contribution in [0.3, 0.4) is 0 Å². The molecule has 1 aromatic heterocycles. The highest BCUT2D eigenvalue weighted by Gasteiger charge is 2.16. The van der Waals surface area contributed by atoms with E-state index in [2.05, 4.69) is 21.1 Å². The Kier molecular flexibility index (Phi) is 5.64. The molecule has 1 heterocycles. The minimum Gasteiger partial charge on any atom is -0.377 e. The van der Waals surface area contributed by atoms with Crippen molar-refractivity contribution in [1.29, 1.82) is 0 Å². The third kappa shape index (κ3) is 4.47. The van der Waals surface area contributed by atoms with E-state index in [1.165, 1.54) is 0 Å². The minimum absolute atomic E-state index is 0.135. The van der Waals surface area contributed by atoms with E-state index in [1.807, 2.05) is 6.92 Å². The van der Waals surface area contributed by atoms with Gasteiger partial charge in [0, 0.05) is 31.6 Å². The van der Waals surface area contributed by atoms with E-state index in [0.717, 1.165) is 6.42 Å². The summed E-state index contributed by atoms with van der Waals surface area (Å²) in [5, 5.41) is 3.72. The highest BCUT2D eigenvalue weighted by atomic mass is 79.9. The van der Waals surface area contributed by atoms with Gasteiger partial charge in [-0.25, -0.2) is 0 Å². The van der Waals surface area contributed by atoms with Gasteiger partial charge in [-0.15, -0.1) is 0 Å². The maximum absolute atomic E-state index is 11.9. The number of rotatable bonds is 6. The van der Waals surface area contributed by atoms with Crippen molar-refractivity contribution in [2.75, 3.05) is 20.7 Å². The third-order valence-corrected chi connectivity index (χ3v) is 2.73. The van der Waals surface area contributed by atoms with Gasteiger partial charge in [-0.05, 0) is 6.42 Å². The molecule has 0 saturated heterocycles. The van der Waals surface area contributed by atoms with Crippen LogP contribution in [-0.4, -0.2) is 41.5 Å². The zero-order chi connectivity index (χ0) is 12.8. The average molecular weight is 305 g/mol. The molecule has 0 radical (unpaired) electrons. The number of nitrogens with zero attached hydrogens (tertiary/aromatic N) is 2. The fourth-order valence-corrected chi connectivity index (χ4v) is 1.50. The summed E-state index contributed by atoms with van der Waals surface area (Å²) in [5.74, 6) is 0.419. The summed E-state index contributed by atoms with van der Waals surface area (Å²) in [4.78, 5) is 13.9. The number of ether oxygens (including phenoxy) is 1. The molecule has 1 amide bonds. The average Bonchev–Trinajstić information content (AvgIpc) is 2.74. The first kappa shape index (κ1) is 14.2. The lowest BCUT2D eigenvalue weighted by molar-refractivity contribution is 0.0783. The molecule has 0 saturated carbocycles. The molecular formula is C11H17BrN2O3. The van der Waals surface area contributed by atoms with Gasteiger partial charge in [0.15, 0.2) is 11.5 Å². The molecule has 0 bridgehead atoms. The Morgan fingerprint density at radius 1 is 1.71 bits per heavy atom. The smallest absolute Gasteiger partial charge is 0.275 e. The SMILES string of the molecule is COCc1cc(C(=O)N(C)CCC(C)Br)no1. The summed E-state index contributed by atoms with van der Waals surface area (Å²) in [5.41, 5.74) is 0.321. The molecule has 0 aromatic carbocycles. The van der Waals surface area contributed by atoms with E-state index >= 15 is 0 Å². The molecule has 1 aromatic rings. The Hall–Kier alpha value is -0.880. The van der Waals surface area contributed by atoms with Gasteiger partial charge in [-0.2, -0.15) is 0 Å². The van der Waals surface area contributed by atoms with Crippen molar-refractivity contribution in [3.8, 4) is 0 Å². The maximum atomic E-state index is 11.9. The first-order valence-corrected chi connectivity index (χ1v) is 6.30. The molecule has 0 aliphatic heterocycles. The second kappa shape index (κ2) is 6.76. The van der Waals surface area contributed by atoms with Crippen LogP contribution in [0.2, 0.25) is 0 Å². The Labute approximate surface area is 109 Å². The fraction of sp³-hybridized carbons (Fsp3) is 0.636. The van der Waals surface area contributed by atoms with E-state index in [4.69, 9.17) is 9.26 Å². The zero-order valence-corrected chi connectivity index (χ0v) is 11.9. The number of carbonyl (C=O) groups excluding carboxylic acids is 1. The van der Waals surface area contributed by atoms with Crippen molar-refractivity contribution in [3.05, 3.63) is 17.5 Å². The summed E-state index contributed by atoms with van der Waals surface area (Å²) in [6.07, 6.45) is 0.894. The number of hydrogen-bond donors (Lipinski definition) is 0. The van der Waals surface area contributed by atoms with Gasteiger partial charge in [0.1, 0.15) is 6.61 Å². The van der Waals surface area contributed by atoms with Gasteiger partial charge < -0.3 is 14.2 Å². The van der Waals surface area contributed by atoms with Crippen LogP contribution in [0.5, 0.6) is 0 Å². The predicted molar refractivity (Wildman–Crippen MR) is 67.2 cm³/mol. The molecule has 1 atom stereocenters. The first-order chi connectivity index (χ1) is 8.04. The minimum atomic E-state index is -0.135. The van der Waals surface area contributed by atoms with Gasteiger partial charge in [0.05, 0.1) is 0 Å². The largest absolute Gasteiger partial charge is 0.377 e. The fourth-order valence-electron chi connectivity index (χ4n) is 1.29. The van der Waals surface area contributed by atoms with Crippen molar-refractivity contribution in [2.24, 2.45) is 0 Å². The molecule has 6 heteroatoms. The number of halogens is 1. The quantitative estimate of drug-likeness (QED) is 0.755. The molecule has 0 aliphatic rings. The number of amides is 1. The Morgan fingerprint density at radius 2 is 2.41 bits per heavy atom. The standard InChI is InChI=1S/C11H17BrN2O3/c1-8(12)4-5-14(2)11(15)10-6-9(7-16-3)17-13-10/h6,8H,4-5,7H2,1-3H3. The molecule has 0 fully saturated rings. The van der Waals surface area contributed by atoms with E-state index in [9.17, 15) is 4.79 Å². The van der Waals surface area contributed by atoms with Crippen LogP contribution in [0.4, 0.5) is 0 Å². The highest BCUT2D eigenvalue weighted by molar-refractivity contribution is 9.09. The number of alkyl halides is 1. The second-order valence-corrected chi connectivity index (χ2v) is 5.47. The summed E-state index contributed by atoms with van der Waals surface area (Å²) in [7, 11) is 3.32.